The van der Waals surface area contributed by atoms with Crippen molar-refractivity contribution in [2.75, 3.05) is 6.54 Å². The molecule has 0 aliphatic rings. The van der Waals surface area contributed by atoms with E-state index in [4.69, 9.17) is 9.52 Å². The molecule has 2 aromatic rings. The lowest BCUT2D eigenvalue weighted by molar-refractivity contribution is -0.138. The molecular weight excluding hydrogens is 306 g/mol. The molecule has 8 heteroatoms. The van der Waals surface area contributed by atoms with Gasteiger partial charge in [0.2, 0.25) is 17.7 Å². The van der Waals surface area contributed by atoms with Crippen LogP contribution in [0.1, 0.15) is 25.7 Å². The van der Waals surface area contributed by atoms with Crippen molar-refractivity contribution in [3.63, 3.8) is 0 Å². The predicted octanol–water partition coefficient (Wildman–Crippen LogP) is 1.96. The highest BCUT2D eigenvalue weighted by Crippen LogP contribution is 2.20. The Labute approximate surface area is 131 Å². The number of hydrogen-bond acceptors (Lipinski definition) is 6. The summed E-state index contributed by atoms with van der Waals surface area (Å²) in [4.78, 5) is 22.2. The van der Waals surface area contributed by atoms with E-state index in [1.54, 1.807) is 18.3 Å². The van der Waals surface area contributed by atoms with Gasteiger partial charge in [0.05, 0.1) is 0 Å². The number of carbonyl (C=O) groups excluding carboxylic acids is 1. The Morgan fingerprint density at radius 2 is 2.27 bits per heavy atom. The number of amides is 1. The molecule has 1 atom stereocenters. The van der Waals surface area contributed by atoms with Crippen molar-refractivity contribution in [3.05, 3.63) is 22.7 Å². The SMILES string of the molecule is CC(CNC(=O)CCc1nnc(-c2ccsc2)o1)CC(=O)O. The normalized spacial score (nSPS) is 12.0. The second-order valence-electron chi connectivity index (χ2n) is 5.02. The summed E-state index contributed by atoms with van der Waals surface area (Å²) in [6, 6.07) is 1.89. The van der Waals surface area contributed by atoms with Crippen molar-refractivity contribution in [3.8, 4) is 11.5 Å². The summed E-state index contributed by atoms with van der Waals surface area (Å²) < 4.78 is 5.48. The second-order valence-corrected chi connectivity index (χ2v) is 5.80. The van der Waals surface area contributed by atoms with Gasteiger partial charge in [-0.2, -0.15) is 11.3 Å². The average molecular weight is 323 g/mol. The van der Waals surface area contributed by atoms with Crippen LogP contribution in [0.5, 0.6) is 0 Å². The van der Waals surface area contributed by atoms with Crippen LogP contribution in [-0.4, -0.2) is 33.7 Å². The molecule has 0 aromatic carbocycles. The summed E-state index contributed by atoms with van der Waals surface area (Å²) in [6.45, 7) is 2.12. The Morgan fingerprint density at radius 3 is 2.95 bits per heavy atom. The van der Waals surface area contributed by atoms with Crippen molar-refractivity contribution in [2.45, 2.75) is 26.2 Å². The summed E-state index contributed by atoms with van der Waals surface area (Å²) in [6.07, 6.45) is 0.620. The molecule has 1 unspecified atom stereocenters. The number of nitrogens with one attached hydrogen (secondary N) is 1. The highest BCUT2D eigenvalue weighted by Gasteiger charge is 2.12. The number of hydrogen-bond donors (Lipinski definition) is 2. The van der Waals surface area contributed by atoms with Gasteiger partial charge in [0, 0.05) is 36.8 Å². The van der Waals surface area contributed by atoms with E-state index < -0.39 is 5.97 Å². The maximum atomic E-state index is 11.7. The van der Waals surface area contributed by atoms with Crippen LogP contribution in [0.2, 0.25) is 0 Å². The van der Waals surface area contributed by atoms with Crippen molar-refractivity contribution in [1.29, 1.82) is 0 Å². The second kappa shape index (κ2) is 7.69. The molecule has 0 aliphatic heterocycles. The number of carboxylic acids is 1. The minimum absolute atomic E-state index is 0.0357. The first kappa shape index (κ1) is 16.2. The molecule has 2 N–H and O–H groups in total. The van der Waals surface area contributed by atoms with Gasteiger partial charge in [-0.1, -0.05) is 6.92 Å². The third kappa shape index (κ3) is 4.96. The number of thiophene rings is 1. The highest BCUT2D eigenvalue weighted by atomic mass is 32.1. The van der Waals surface area contributed by atoms with Crippen LogP contribution in [-0.2, 0) is 16.0 Å². The molecule has 0 radical (unpaired) electrons. The number of rotatable bonds is 8. The van der Waals surface area contributed by atoms with E-state index >= 15 is 0 Å². The van der Waals surface area contributed by atoms with Crippen molar-refractivity contribution in [1.82, 2.24) is 15.5 Å². The molecular formula is C14H17N3O4S. The van der Waals surface area contributed by atoms with Crippen LogP contribution in [0, 0.1) is 5.92 Å². The summed E-state index contributed by atoms with van der Waals surface area (Å²) in [7, 11) is 0. The number of aromatic nitrogens is 2. The van der Waals surface area contributed by atoms with Gasteiger partial charge < -0.3 is 14.8 Å². The third-order valence-corrected chi connectivity index (χ3v) is 3.65. The number of nitrogens with zero attached hydrogens (tertiary/aromatic N) is 2. The Bertz CT molecular complexity index is 624. The first-order chi connectivity index (χ1) is 10.5. The fourth-order valence-electron chi connectivity index (χ4n) is 1.82. The van der Waals surface area contributed by atoms with Crippen LogP contribution in [0.4, 0.5) is 0 Å². The zero-order valence-electron chi connectivity index (χ0n) is 12.1. The Hall–Kier alpha value is -2.22. The summed E-state index contributed by atoms with van der Waals surface area (Å²) in [5.41, 5.74) is 0.871. The average Bonchev–Trinajstić information content (AvgIpc) is 3.12. The van der Waals surface area contributed by atoms with Crippen LogP contribution >= 0.6 is 11.3 Å². The van der Waals surface area contributed by atoms with Crippen molar-refractivity contribution >= 4 is 23.2 Å². The van der Waals surface area contributed by atoms with Gasteiger partial charge >= 0.3 is 5.97 Å². The fourth-order valence-corrected chi connectivity index (χ4v) is 2.45. The molecule has 0 spiro atoms. The van der Waals surface area contributed by atoms with Gasteiger partial charge in [0.25, 0.3) is 0 Å². The van der Waals surface area contributed by atoms with Crippen LogP contribution in [0.15, 0.2) is 21.2 Å². The number of carbonyl (C=O) groups is 2. The quantitative estimate of drug-likeness (QED) is 0.769. The Morgan fingerprint density at radius 1 is 1.45 bits per heavy atom. The maximum absolute atomic E-state index is 11.7. The van der Waals surface area contributed by atoms with E-state index in [2.05, 4.69) is 15.5 Å². The van der Waals surface area contributed by atoms with Gasteiger partial charge in [-0.05, 0) is 17.4 Å². The van der Waals surface area contributed by atoms with E-state index in [1.807, 2.05) is 16.8 Å². The molecule has 22 heavy (non-hydrogen) atoms. The third-order valence-electron chi connectivity index (χ3n) is 2.97. The number of aryl methyl sites for hydroxylation is 1. The minimum atomic E-state index is -0.867. The first-order valence-electron chi connectivity index (χ1n) is 6.88. The monoisotopic (exact) mass is 323 g/mol. The van der Waals surface area contributed by atoms with Crippen LogP contribution < -0.4 is 5.32 Å². The van der Waals surface area contributed by atoms with E-state index in [9.17, 15) is 9.59 Å². The molecule has 2 heterocycles. The predicted molar refractivity (Wildman–Crippen MR) is 80.4 cm³/mol. The highest BCUT2D eigenvalue weighted by molar-refractivity contribution is 7.08. The summed E-state index contributed by atoms with van der Waals surface area (Å²) in [5.74, 6) is -0.266. The van der Waals surface area contributed by atoms with Gasteiger partial charge in [0.15, 0.2) is 0 Å². The van der Waals surface area contributed by atoms with E-state index in [0.29, 0.717) is 24.7 Å². The fraction of sp³-hybridized carbons (Fsp3) is 0.429. The van der Waals surface area contributed by atoms with Gasteiger partial charge in [-0.25, -0.2) is 0 Å². The lowest BCUT2D eigenvalue weighted by Crippen LogP contribution is -2.29. The zero-order valence-corrected chi connectivity index (χ0v) is 12.9. The van der Waals surface area contributed by atoms with Crippen molar-refractivity contribution < 1.29 is 19.1 Å². The Balaban J connectivity index is 1.73. The smallest absolute Gasteiger partial charge is 0.303 e. The Kier molecular flexibility index (Phi) is 5.65. The molecule has 0 fully saturated rings. The molecule has 2 aromatic heterocycles. The molecule has 2 rings (SSSR count). The largest absolute Gasteiger partial charge is 0.481 e. The van der Waals surface area contributed by atoms with Crippen LogP contribution in [0.25, 0.3) is 11.5 Å². The summed E-state index contributed by atoms with van der Waals surface area (Å²) in [5, 5.41) is 23.0. The number of aliphatic carboxylic acids is 1. The minimum Gasteiger partial charge on any atom is -0.481 e. The standard InChI is InChI=1S/C14H17N3O4S/c1-9(6-13(19)20)7-15-11(18)2-3-12-16-17-14(21-12)10-4-5-22-8-10/h4-5,8-9H,2-3,6-7H2,1H3,(H,15,18)(H,19,20). The molecule has 0 bridgehead atoms. The zero-order chi connectivity index (χ0) is 15.9. The van der Waals surface area contributed by atoms with Crippen LogP contribution in [0.3, 0.4) is 0 Å². The van der Waals surface area contributed by atoms with Gasteiger partial charge in [-0.15, -0.1) is 10.2 Å². The maximum Gasteiger partial charge on any atom is 0.303 e. The molecule has 1 amide bonds. The lowest BCUT2D eigenvalue weighted by Gasteiger charge is -2.09. The first-order valence-corrected chi connectivity index (χ1v) is 7.82. The lowest BCUT2D eigenvalue weighted by atomic mass is 10.1. The number of carboxylic acid groups (broad SMARTS) is 1. The van der Waals surface area contributed by atoms with Gasteiger partial charge in [-0.3, -0.25) is 9.59 Å². The molecule has 0 saturated heterocycles. The van der Waals surface area contributed by atoms with Crippen molar-refractivity contribution in [2.24, 2.45) is 5.92 Å². The molecule has 0 saturated carbocycles. The molecule has 7 nitrogen and oxygen atoms in total. The van der Waals surface area contributed by atoms with E-state index in [0.717, 1.165) is 5.56 Å². The van der Waals surface area contributed by atoms with Gasteiger partial charge in [0.1, 0.15) is 0 Å². The van der Waals surface area contributed by atoms with E-state index in [-0.39, 0.29) is 24.7 Å². The molecule has 118 valence electrons. The topological polar surface area (TPSA) is 105 Å². The van der Waals surface area contributed by atoms with E-state index in [1.165, 1.54) is 0 Å². The molecule has 0 aliphatic carbocycles. The summed E-state index contributed by atoms with van der Waals surface area (Å²) >= 11 is 1.54.